The maximum atomic E-state index is 14.7. The number of rotatable bonds is 10. The average Bonchev–Trinajstić information content (AvgIpc) is 2.83. The van der Waals surface area contributed by atoms with Crippen LogP contribution in [0.5, 0.6) is 5.75 Å². The van der Waals surface area contributed by atoms with Crippen LogP contribution in [-0.4, -0.2) is 28.0 Å². The highest BCUT2D eigenvalue weighted by atomic mass is 32.2. The summed E-state index contributed by atoms with van der Waals surface area (Å²) in [6.07, 6.45) is 0.642. The predicted molar refractivity (Wildman–Crippen MR) is 131 cm³/mol. The van der Waals surface area contributed by atoms with Crippen molar-refractivity contribution in [1.29, 1.82) is 0 Å². The van der Waals surface area contributed by atoms with E-state index in [2.05, 4.69) is 5.32 Å². The second-order valence-electron chi connectivity index (χ2n) is 8.30. The minimum Gasteiger partial charge on any atom is -0.497 e. The van der Waals surface area contributed by atoms with E-state index in [-0.39, 0.29) is 22.5 Å². The van der Waals surface area contributed by atoms with E-state index < -0.39 is 28.3 Å². The Morgan fingerprint density at radius 1 is 0.971 bits per heavy atom. The van der Waals surface area contributed by atoms with E-state index in [1.165, 1.54) is 36.4 Å². The normalized spacial score (nSPS) is 12.3. The van der Waals surface area contributed by atoms with E-state index in [9.17, 15) is 17.6 Å². The summed E-state index contributed by atoms with van der Waals surface area (Å²) in [6.45, 7) is 3.51. The number of halogens is 1. The van der Waals surface area contributed by atoms with Crippen molar-refractivity contribution in [3.05, 3.63) is 90.2 Å². The lowest BCUT2D eigenvalue weighted by Crippen LogP contribution is -2.42. The first kappa shape index (κ1) is 25.2. The van der Waals surface area contributed by atoms with Gasteiger partial charge in [-0.1, -0.05) is 56.3 Å². The minimum atomic E-state index is -4.19. The summed E-state index contributed by atoms with van der Waals surface area (Å²) in [7, 11) is -2.61. The average molecular weight is 485 g/mol. The van der Waals surface area contributed by atoms with Crippen LogP contribution in [0.25, 0.3) is 0 Å². The largest absolute Gasteiger partial charge is 0.497 e. The SMILES string of the molecule is COc1ccc([C@H](CC(C)C)NC(=O)CN(c2ccccc2F)S(=O)(=O)c2ccccc2)cc1. The van der Waals surface area contributed by atoms with Gasteiger partial charge in [0.15, 0.2) is 0 Å². The molecule has 0 aliphatic heterocycles. The molecule has 0 aliphatic carbocycles. The van der Waals surface area contributed by atoms with Crippen LogP contribution in [0.1, 0.15) is 31.9 Å². The van der Waals surface area contributed by atoms with E-state index in [0.717, 1.165) is 9.87 Å². The Labute approximate surface area is 200 Å². The predicted octanol–water partition coefficient (Wildman–Crippen LogP) is 4.93. The second-order valence-corrected chi connectivity index (χ2v) is 10.2. The van der Waals surface area contributed by atoms with Crippen molar-refractivity contribution in [3.63, 3.8) is 0 Å². The third-order valence-corrected chi connectivity index (χ3v) is 7.07. The van der Waals surface area contributed by atoms with Crippen LogP contribution >= 0.6 is 0 Å². The van der Waals surface area contributed by atoms with E-state index in [1.54, 1.807) is 37.4 Å². The van der Waals surface area contributed by atoms with Crippen LogP contribution in [0.3, 0.4) is 0 Å². The Hall–Kier alpha value is -3.39. The molecular weight excluding hydrogens is 455 g/mol. The zero-order chi connectivity index (χ0) is 24.7. The Kier molecular flexibility index (Phi) is 8.28. The Bertz CT molecular complexity index is 1200. The van der Waals surface area contributed by atoms with Crippen LogP contribution in [0.15, 0.2) is 83.8 Å². The molecule has 180 valence electrons. The second kappa shape index (κ2) is 11.2. The van der Waals surface area contributed by atoms with Crippen molar-refractivity contribution < 1.29 is 22.3 Å². The third kappa shape index (κ3) is 6.14. The first-order valence-electron chi connectivity index (χ1n) is 11.0. The van der Waals surface area contributed by atoms with Gasteiger partial charge in [0.05, 0.1) is 23.7 Å². The molecule has 0 saturated carbocycles. The monoisotopic (exact) mass is 484 g/mol. The molecule has 3 aromatic rings. The number of carbonyl (C=O) groups excluding carboxylic acids is 1. The summed E-state index contributed by atoms with van der Waals surface area (Å²) in [5.74, 6) is -0.311. The van der Waals surface area contributed by atoms with E-state index in [0.29, 0.717) is 12.2 Å². The lowest BCUT2D eigenvalue weighted by molar-refractivity contribution is -0.120. The quantitative estimate of drug-likeness (QED) is 0.443. The molecule has 3 rings (SSSR count). The van der Waals surface area contributed by atoms with Crippen LogP contribution in [-0.2, 0) is 14.8 Å². The van der Waals surface area contributed by atoms with Gasteiger partial charge in [-0.05, 0) is 54.3 Å². The summed E-state index contributed by atoms with van der Waals surface area (Å²) in [5.41, 5.74) is 0.678. The number of sulfonamides is 1. The lowest BCUT2D eigenvalue weighted by Gasteiger charge is -2.27. The fourth-order valence-corrected chi connectivity index (χ4v) is 5.08. The van der Waals surface area contributed by atoms with Gasteiger partial charge in [-0.25, -0.2) is 12.8 Å². The van der Waals surface area contributed by atoms with E-state index in [4.69, 9.17) is 4.74 Å². The molecule has 0 heterocycles. The molecule has 0 aromatic heterocycles. The van der Waals surface area contributed by atoms with Gasteiger partial charge in [-0.3, -0.25) is 9.10 Å². The molecule has 0 bridgehead atoms. The number of hydrogen-bond acceptors (Lipinski definition) is 4. The highest BCUT2D eigenvalue weighted by Crippen LogP contribution is 2.27. The number of methoxy groups -OCH3 is 1. The molecular formula is C26H29FN2O4S. The van der Waals surface area contributed by atoms with Crippen molar-refractivity contribution >= 4 is 21.6 Å². The molecule has 0 saturated heterocycles. The number of hydrogen-bond donors (Lipinski definition) is 1. The molecule has 6 nitrogen and oxygen atoms in total. The molecule has 3 aromatic carbocycles. The Balaban J connectivity index is 1.91. The Morgan fingerprint density at radius 3 is 2.18 bits per heavy atom. The summed E-state index contributed by atoms with van der Waals surface area (Å²) < 4.78 is 47.5. The highest BCUT2D eigenvalue weighted by Gasteiger charge is 2.30. The van der Waals surface area contributed by atoms with Crippen LogP contribution in [0, 0.1) is 11.7 Å². The summed E-state index contributed by atoms with van der Waals surface area (Å²) >= 11 is 0. The Morgan fingerprint density at radius 2 is 1.59 bits per heavy atom. The molecule has 0 spiro atoms. The number of ether oxygens (including phenoxy) is 1. The number of para-hydroxylation sites is 1. The molecule has 1 amide bonds. The van der Waals surface area contributed by atoms with Crippen LogP contribution in [0.4, 0.5) is 10.1 Å². The molecule has 8 heteroatoms. The van der Waals surface area contributed by atoms with E-state index >= 15 is 0 Å². The van der Waals surface area contributed by atoms with Crippen molar-refractivity contribution in [1.82, 2.24) is 5.32 Å². The fraction of sp³-hybridized carbons (Fsp3) is 0.269. The molecule has 0 radical (unpaired) electrons. The number of anilines is 1. The van der Waals surface area contributed by atoms with Gasteiger partial charge in [0.2, 0.25) is 5.91 Å². The standard InChI is InChI=1S/C26H29FN2O4S/c1-19(2)17-24(20-13-15-21(33-3)16-14-20)28-26(30)18-29(25-12-8-7-11-23(25)27)34(31,32)22-9-5-4-6-10-22/h4-16,19,24H,17-18H2,1-3H3,(H,28,30)/t24-/m0/s1. The van der Waals surface area contributed by atoms with Gasteiger partial charge in [-0.2, -0.15) is 0 Å². The highest BCUT2D eigenvalue weighted by molar-refractivity contribution is 7.92. The van der Waals surface area contributed by atoms with Gasteiger partial charge in [0.25, 0.3) is 10.0 Å². The molecule has 0 aliphatic rings. The summed E-state index contributed by atoms with van der Waals surface area (Å²) in [5, 5.41) is 2.94. The van der Waals surface area contributed by atoms with Crippen LogP contribution < -0.4 is 14.4 Å². The van der Waals surface area contributed by atoms with Gasteiger partial charge in [0, 0.05) is 0 Å². The molecule has 1 N–H and O–H groups in total. The summed E-state index contributed by atoms with van der Waals surface area (Å²) in [4.78, 5) is 13.1. The number of benzene rings is 3. The molecule has 34 heavy (non-hydrogen) atoms. The topological polar surface area (TPSA) is 75.7 Å². The van der Waals surface area contributed by atoms with Crippen molar-refractivity contribution in [2.75, 3.05) is 18.0 Å². The third-order valence-electron chi connectivity index (χ3n) is 5.30. The number of nitrogens with one attached hydrogen (secondary N) is 1. The maximum Gasteiger partial charge on any atom is 0.264 e. The zero-order valence-corrected chi connectivity index (χ0v) is 20.3. The maximum absolute atomic E-state index is 14.7. The molecule has 0 fully saturated rings. The van der Waals surface area contributed by atoms with Gasteiger partial charge < -0.3 is 10.1 Å². The minimum absolute atomic E-state index is 0.0278. The number of carbonyl (C=O) groups is 1. The van der Waals surface area contributed by atoms with E-state index in [1.807, 2.05) is 26.0 Å². The molecule has 0 unspecified atom stereocenters. The molecule has 1 atom stereocenters. The van der Waals surface area contributed by atoms with Crippen molar-refractivity contribution in [2.24, 2.45) is 5.92 Å². The number of amides is 1. The first-order valence-corrected chi connectivity index (χ1v) is 12.4. The van der Waals surface area contributed by atoms with Gasteiger partial charge in [-0.15, -0.1) is 0 Å². The van der Waals surface area contributed by atoms with Crippen molar-refractivity contribution in [2.45, 2.75) is 31.2 Å². The first-order chi connectivity index (χ1) is 16.2. The van der Waals surface area contributed by atoms with Crippen LogP contribution in [0.2, 0.25) is 0 Å². The fourth-order valence-electron chi connectivity index (χ4n) is 3.63. The van der Waals surface area contributed by atoms with Crippen molar-refractivity contribution in [3.8, 4) is 5.75 Å². The van der Waals surface area contributed by atoms with Gasteiger partial charge >= 0.3 is 0 Å². The smallest absolute Gasteiger partial charge is 0.264 e. The summed E-state index contributed by atoms with van der Waals surface area (Å²) in [6, 6.07) is 20.2. The number of nitrogens with zero attached hydrogens (tertiary/aromatic N) is 1. The van der Waals surface area contributed by atoms with Gasteiger partial charge in [0.1, 0.15) is 18.1 Å². The zero-order valence-electron chi connectivity index (χ0n) is 19.4. The lowest BCUT2D eigenvalue weighted by atomic mass is 9.97.